The zero-order valence-corrected chi connectivity index (χ0v) is 16.7. The van der Waals surface area contributed by atoms with Crippen LogP contribution < -0.4 is 10.9 Å². The van der Waals surface area contributed by atoms with Crippen LogP contribution in [0, 0.1) is 5.82 Å². The van der Waals surface area contributed by atoms with Gasteiger partial charge in [0.2, 0.25) is 5.91 Å². The first kappa shape index (κ1) is 17.7. The second kappa shape index (κ2) is 6.43. The number of thiazole rings is 1. The second-order valence-electron chi connectivity index (χ2n) is 7.89. The van der Waals surface area contributed by atoms with E-state index in [1.54, 1.807) is 10.7 Å². The summed E-state index contributed by atoms with van der Waals surface area (Å²) in [6, 6.07) is 2.60. The molecule has 1 amide bonds. The molecule has 0 atom stereocenters. The van der Waals surface area contributed by atoms with Gasteiger partial charge in [0.25, 0.3) is 5.56 Å². The number of nitrogens with one attached hydrogen (secondary N) is 1. The number of pyridine rings is 1. The quantitative estimate of drug-likeness (QED) is 0.531. The van der Waals surface area contributed by atoms with Crippen LogP contribution in [0.5, 0.6) is 0 Å². The van der Waals surface area contributed by atoms with Gasteiger partial charge in [-0.05, 0) is 43.7 Å². The first-order chi connectivity index (χ1) is 14.6. The van der Waals surface area contributed by atoms with E-state index in [0.717, 1.165) is 42.5 Å². The highest BCUT2D eigenvalue weighted by Gasteiger charge is 2.32. The molecule has 0 aliphatic heterocycles. The highest BCUT2D eigenvalue weighted by Crippen LogP contribution is 2.44. The van der Waals surface area contributed by atoms with Gasteiger partial charge < -0.3 is 5.32 Å². The van der Waals surface area contributed by atoms with Crippen LogP contribution in [0.3, 0.4) is 0 Å². The van der Waals surface area contributed by atoms with E-state index in [-0.39, 0.29) is 17.9 Å². The van der Waals surface area contributed by atoms with Gasteiger partial charge in [0.05, 0.1) is 17.4 Å². The Bertz CT molecular complexity index is 1360. The molecule has 6 rings (SSSR count). The van der Waals surface area contributed by atoms with Gasteiger partial charge in [0, 0.05) is 11.5 Å². The molecule has 4 heterocycles. The molecule has 2 saturated carbocycles. The number of carbonyl (C=O) groups excluding carboxylic acids is 1. The largest absolute Gasteiger partial charge is 0.309 e. The molecule has 8 nitrogen and oxygen atoms in total. The van der Waals surface area contributed by atoms with Crippen molar-refractivity contribution in [1.82, 2.24) is 24.1 Å². The predicted octanol–water partition coefficient (Wildman–Crippen LogP) is 3.03. The Hall–Kier alpha value is -3.14. The summed E-state index contributed by atoms with van der Waals surface area (Å²) in [5, 5.41) is 8.11. The SMILES string of the molecule is O=C(Cn1c(=O)c2sc(C3CC3)nc2n2ncc(C3CC3)c12)Nc1ccc(F)cn1. The second-order valence-corrected chi connectivity index (χ2v) is 8.92. The van der Waals surface area contributed by atoms with Gasteiger partial charge in [0.1, 0.15) is 28.5 Å². The number of anilines is 1. The van der Waals surface area contributed by atoms with E-state index in [2.05, 4.69) is 15.4 Å². The van der Waals surface area contributed by atoms with E-state index in [1.807, 2.05) is 0 Å². The number of hydrogen-bond donors (Lipinski definition) is 1. The lowest BCUT2D eigenvalue weighted by atomic mass is 10.2. The number of rotatable bonds is 5. The van der Waals surface area contributed by atoms with Crippen LogP contribution in [0.4, 0.5) is 10.2 Å². The molecule has 2 aliphatic rings. The predicted molar refractivity (Wildman–Crippen MR) is 109 cm³/mol. The van der Waals surface area contributed by atoms with Crippen molar-refractivity contribution in [2.45, 2.75) is 44.1 Å². The average molecular weight is 424 g/mol. The van der Waals surface area contributed by atoms with Gasteiger partial charge in [-0.1, -0.05) is 0 Å². The molecular weight excluding hydrogens is 407 g/mol. The summed E-state index contributed by atoms with van der Waals surface area (Å²) in [6.45, 7) is -0.181. The number of amides is 1. The number of hydrogen-bond acceptors (Lipinski definition) is 6. The van der Waals surface area contributed by atoms with Crippen molar-refractivity contribution in [2.24, 2.45) is 0 Å². The molecule has 2 fully saturated rings. The molecule has 10 heteroatoms. The molecule has 2 aliphatic carbocycles. The van der Waals surface area contributed by atoms with Crippen molar-refractivity contribution in [3.8, 4) is 0 Å². The lowest BCUT2D eigenvalue weighted by molar-refractivity contribution is -0.116. The number of halogens is 1. The number of fused-ring (bicyclic) bond motifs is 3. The summed E-state index contributed by atoms with van der Waals surface area (Å²) in [5.41, 5.74) is 1.95. The van der Waals surface area contributed by atoms with Crippen molar-refractivity contribution in [2.75, 3.05) is 5.32 Å². The highest BCUT2D eigenvalue weighted by molar-refractivity contribution is 7.18. The Kier molecular flexibility index (Phi) is 3.79. The minimum atomic E-state index is -0.485. The number of nitrogens with zero attached hydrogens (tertiary/aromatic N) is 5. The summed E-state index contributed by atoms with van der Waals surface area (Å²) in [7, 11) is 0. The van der Waals surface area contributed by atoms with E-state index in [0.29, 0.717) is 27.8 Å². The highest BCUT2D eigenvalue weighted by atomic mass is 32.1. The first-order valence-electron chi connectivity index (χ1n) is 9.91. The molecule has 30 heavy (non-hydrogen) atoms. The van der Waals surface area contributed by atoms with Crippen molar-refractivity contribution in [3.05, 3.63) is 51.3 Å². The topological polar surface area (TPSA) is 94.2 Å². The fourth-order valence-corrected chi connectivity index (χ4v) is 4.88. The van der Waals surface area contributed by atoms with Gasteiger partial charge in [0.15, 0.2) is 5.65 Å². The summed E-state index contributed by atoms with van der Waals surface area (Å²) < 4.78 is 16.8. The molecule has 0 spiro atoms. The van der Waals surface area contributed by atoms with Gasteiger partial charge in [-0.15, -0.1) is 11.3 Å². The van der Waals surface area contributed by atoms with Crippen LogP contribution >= 0.6 is 11.3 Å². The minimum absolute atomic E-state index is 0.181. The Labute approximate surface area is 173 Å². The third kappa shape index (κ3) is 2.90. The monoisotopic (exact) mass is 424 g/mol. The Morgan fingerprint density at radius 1 is 1.20 bits per heavy atom. The lowest BCUT2D eigenvalue weighted by Gasteiger charge is -2.10. The van der Waals surface area contributed by atoms with Gasteiger partial charge in [-0.3, -0.25) is 14.2 Å². The van der Waals surface area contributed by atoms with Crippen molar-refractivity contribution >= 4 is 39.1 Å². The lowest BCUT2D eigenvalue weighted by Crippen LogP contribution is -2.29. The zero-order chi connectivity index (χ0) is 20.4. The van der Waals surface area contributed by atoms with Crippen molar-refractivity contribution in [1.29, 1.82) is 0 Å². The van der Waals surface area contributed by atoms with Crippen LogP contribution in [-0.4, -0.2) is 30.1 Å². The summed E-state index contributed by atoms with van der Waals surface area (Å²) >= 11 is 1.40. The summed E-state index contributed by atoms with van der Waals surface area (Å²) in [4.78, 5) is 34.6. The molecule has 1 N–H and O–H groups in total. The minimum Gasteiger partial charge on any atom is -0.309 e. The third-order valence-electron chi connectivity index (χ3n) is 5.53. The summed E-state index contributed by atoms with van der Waals surface area (Å²) in [5.74, 6) is 0.121. The standard InChI is InChI=1S/C20H17FN6O2S/c21-12-5-6-14(22-7-12)24-15(28)9-26-19-13(10-1-2-10)8-23-27(19)17-16(20(26)29)30-18(25-17)11-3-4-11/h5-8,10-11H,1-4,9H2,(H,22,24,28). The zero-order valence-electron chi connectivity index (χ0n) is 15.8. The van der Waals surface area contributed by atoms with Crippen LogP contribution in [0.25, 0.3) is 16.0 Å². The summed E-state index contributed by atoms with van der Waals surface area (Å²) in [6.07, 6.45) is 7.10. The van der Waals surface area contributed by atoms with Gasteiger partial charge in [-0.25, -0.2) is 14.4 Å². The molecule has 0 radical (unpaired) electrons. The fraction of sp³-hybridized carbons (Fsp3) is 0.350. The molecule has 4 aromatic heterocycles. The van der Waals surface area contributed by atoms with Crippen molar-refractivity contribution in [3.63, 3.8) is 0 Å². The molecule has 0 bridgehead atoms. The van der Waals surface area contributed by atoms with E-state index >= 15 is 0 Å². The molecule has 0 aromatic carbocycles. The van der Waals surface area contributed by atoms with E-state index < -0.39 is 11.7 Å². The van der Waals surface area contributed by atoms with E-state index in [1.165, 1.54) is 28.0 Å². The molecular formula is C20H17FN6O2S. The van der Waals surface area contributed by atoms with Crippen LogP contribution in [-0.2, 0) is 11.3 Å². The van der Waals surface area contributed by atoms with E-state index in [9.17, 15) is 14.0 Å². The smallest absolute Gasteiger partial charge is 0.273 e. The molecule has 0 saturated heterocycles. The maximum Gasteiger partial charge on any atom is 0.273 e. The molecule has 4 aromatic rings. The molecule has 152 valence electrons. The van der Waals surface area contributed by atoms with Gasteiger partial charge >= 0.3 is 0 Å². The third-order valence-corrected chi connectivity index (χ3v) is 6.73. The Balaban J connectivity index is 1.46. The Morgan fingerprint density at radius 2 is 2.00 bits per heavy atom. The molecule has 0 unspecified atom stereocenters. The number of carbonyl (C=O) groups is 1. The Morgan fingerprint density at radius 3 is 2.70 bits per heavy atom. The van der Waals surface area contributed by atoms with Crippen molar-refractivity contribution < 1.29 is 9.18 Å². The maximum atomic E-state index is 13.4. The van der Waals surface area contributed by atoms with Crippen LogP contribution in [0.1, 0.15) is 48.1 Å². The van der Waals surface area contributed by atoms with Crippen LogP contribution in [0.15, 0.2) is 29.3 Å². The van der Waals surface area contributed by atoms with Gasteiger partial charge in [-0.2, -0.15) is 9.61 Å². The average Bonchev–Trinajstić information content (AvgIpc) is 3.66. The number of aromatic nitrogens is 5. The normalized spacial score (nSPS) is 16.4. The van der Waals surface area contributed by atoms with Crippen LogP contribution in [0.2, 0.25) is 0 Å². The maximum absolute atomic E-state index is 13.4. The van der Waals surface area contributed by atoms with E-state index in [4.69, 9.17) is 4.98 Å². The fourth-order valence-electron chi connectivity index (χ4n) is 3.72. The first-order valence-corrected chi connectivity index (χ1v) is 10.7.